The van der Waals surface area contributed by atoms with Gasteiger partial charge < -0.3 is 42.1 Å². The van der Waals surface area contributed by atoms with Gasteiger partial charge in [-0.3, -0.25) is 14.4 Å². The smallest absolute Gasteiger partial charge is 0.328 e. The minimum atomic E-state index is -1.58. The maximum absolute atomic E-state index is 12.6. The van der Waals surface area contributed by atoms with Crippen molar-refractivity contribution in [2.24, 2.45) is 11.7 Å². The number of carboxylic acid groups (broad SMARTS) is 1. The molecule has 0 heterocycles. The molecular formula is C18H34N4O8. The van der Waals surface area contributed by atoms with E-state index in [2.05, 4.69) is 16.0 Å². The SMILES string of the molecule is CC(C)CC(NC(=O)C(NC(=O)C(N)C(C)O)C(C)O)C(=O)NC(C(=O)O)C(C)O. The average Bonchev–Trinajstić information content (AvgIpc) is 2.60. The minimum absolute atomic E-state index is 0.0841. The summed E-state index contributed by atoms with van der Waals surface area (Å²) in [6.07, 6.45) is -3.82. The Bertz CT molecular complexity index is 609. The van der Waals surface area contributed by atoms with Crippen molar-refractivity contribution in [1.29, 1.82) is 0 Å². The Balaban J connectivity index is 5.45. The van der Waals surface area contributed by atoms with Gasteiger partial charge in [0.2, 0.25) is 17.7 Å². The van der Waals surface area contributed by atoms with Crippen LogP contribution in [-0.2, 0) is 19.2 Å². The van der Waals surface area contributed by atoms with E-state index < -0.39 is 66.2 Å². The van der Waals surface area contributed by atoms with E-state index in [0.717, 1.165) is 0 Å². The number of aliphatic carboxylic acids is 1. The largest absolute Gasteiger partial charge is 0.480 e. The van der Waals surface area contributed by atoms with Crippen LogP contribution in [0, 0.1) is 5.92 Å². The second-order valence-electron chi connectivity index (χ2n) is 7.75. The van der Waals surface area contributed by atoms with Crippen LogP contribution < -0.4 is 21.7 Å². The molecule has 0 fully saturated rings. The Kier molecular flexibility index (Phi) is 11.5. The van der Waals surface area contributed by atoms with Gasteiger partial charge in [-0.05, 0) is 33.1 Å². The second-order valence-corrected chi connectivity index (χ2v) is 7.75. The Hall–Kier alpha value is -2.28. The van der Waals surface area contributed by atoms with Crippen LogP contribution in [0.5, 0.6) is 0 Å². The third-order valence-corrected chi connectivity index (χ3v) is 4.27. The fourth-order valence-electron chi connectivity index (χ4n) is 2.48. The van der Waals surface area contributed by atoms with E-state index in [1.807, 2.05) is 0 Å². The van der Waals surface area contributed by atoms with Crippen LogP contribution >= 0.6 is 0 Å². The summed E-state index contributed by atoms with van der Waals surface area (Å²) in [6.45, 7) is 7.26. The van der Waals surface area contributed by atoms with Crippen molar-refractivity contribution in [2.45, 2.75) is 83.5 Å². The van der Waals surface area contributed by atoms with Crippen molar-refractivity contribution in [2.75, 3.05) is 0 Å². The summed E-state index contributed by atoms with van der Waals surface area (Å²) in [5.74, 6) is -4.16. The molecule has 0 spiro atoms. The van der Waals surface area contributed by atoms with Gasteiger partial charge in [-0.15, -0.1) is 0 Å². The number of nitrogens with two attached hydrogens (primary N) is 1. The van der Waals surface area contributed by atoms with Crippen molar-refractivity contribution >= 4 is 23.7 Å². The lowest BCUT2D eigenvalue weighted by atomic mass is 10.0. The van der Waals surface area contributed by atoms with E-state index in [1.54, 1.807) is 13.8 Å². The van der Waals surface area contributed by atoms with Gasteiger partial charge in [-0.2, -0.15) is 0 Å². The number of aliphatic hydroxyl groups is 3. The van der Waals surface area contributed by atoms with E-state index in [0.29, 0.717) is 0 Å². The topological polar surface area (TPSA) is 211 Å². The Morgan fingerprint density at radius 3 is 1.57 bits per heavy atom. The van der Waals surface area contributed by atoms with Gasteiger partial charge in [0.1, 0.15) is 18.1 Å². The highest BCUT2D eigenvalue weighted by Gasteiger charge is 2.34. The summed E-state index contributed by atoms with van der Waals surface area (Å²) in [4.78, 5) is 48.4. The first kappa shape index (κ1) is 27.7. The van der Waals surface area contributed by atoms with Crippen LogP contribution in [0.2, 0.25) is 0 Å². The van der Waals surface area contributed by atoms with E-state index >= 15 is 0 Å². The van der Waals surface area contributed by atoms with Gasteiger partial charge in [0.15, 0.2) is 6.04 Å². The quantitative estimate of drug-likeness (QED) is 0.157. The summed E-state index contributed by atoms with van der Waals surface area (Å²) < 4.78 is 0. The molecule has 12 heteroatoms. The van der Waals surface area contributed by atoms with E-state index in [-0.39, 0.29) is 12.3 Å². The molecule has 3 amide bonds. The number of rotatable bonds is 12. The lowest BCUT2D eigenvalue weighted by Gasteiger charge is -2.27. The van der Waals surface area contributed by atoms with Crippen molar-refractivity contribution in [3.8, 4) is 0 Å². The second kappa shape index (κ2) is 12.4. The van der Waals surface area contributed by atoms with Crippen LogP contribution in [0.3, 0.4) is 0 Å². The van der Waals surface area contributed by atoms with Crippen molar-refractivity contribution in [3.05, 3.63) is 0 Å². The number of hydrogen-bond donors (Lipinski definition) is 8. The number of carbonyl (C=O) groups excluding carboxylic acids is 3. The molecule has 0 aromatic rings. The number of nitrogens with one attached hydrogen (secondary N) is 3. The van der Waals surface area contributed by atoms with Crippen LogP contribution in [0.25, 0.3) is 0 Å². The minimum Gasteiger partial charge on any atom is -0.480 e. The van der Waals surface area contributed by atoms with Gasteiger partial charge >= 0.3 is 5.97 Å². The van der Waals surface area contributed by atoms with Gasteiger partial charge in [0, 0.05) is 0 Å². The first-order chi connectivity index (χ1) is 13.7. The molecule has 30 heavy (non-hydrogen) atoms. The molecular weight excluding hydrogens is 400 g/mol. The monoisotopic (exact) mass is 434 g/mol. The van der Waals surface area contributed by atoms with Gasteiger partial charge in [0.05, 0.1) is 18.3 Å². The standard InChI is InChI=1S/C18H34N4O8/c1-7(2)6-11(15(26)22-14(10(5)25)18(29)30)20-17(28)13(9(4)24)21-16(27)12(19)8(3)23/h7-14,23-25H,6,19H2,1-5H3,(H,20,28)(H,21,27)(H,22,26)(H,29,30). The summed E-state index contributed by atoms with van der Waals surface area (Å²) >= 11 is 0. The summed E-state index contributed by atoms with van der Waals surface area (Å²) in [6, 6.07) is -5.59. The fourth-order valence-corrected chi connectivity index (χ4v) is 2.48. The molecule has 9 N–H and O–H groups in total. The Labute approximate surface area is 175 Å². The molecule has 0 radical (unpaired) electrons. The van der Waals surface area contributed by atoms with Gasteiger partial charge in [-0.25, -0.2) is 4.79 Å². The summed E-state index contributed by atoms with van der Waals surface area (Å²) in [5, 5.41) is 44.7. The average molecular weight is 434 g/mol. The lowest BCUT2D eigenvalue weighted by Crippen LogP contribution is -2.61. The highest BCUT2D eigenvalue weighted by Crippen LogP contribution is 2.08. The van der Waals surface area contributed by atoms with Gasteiger partial charge in [-0.1, -0.05) is 13.8 Å². The Morgan fingerprint density at radius 1 is 0.733 bits per heavy atom. The van der Waals surface area contributed by atoms with Crippen LogP contribution in [0.15, 0.2) is 0 Å². The molecule has 12 nitrogen and oxygen atoms in total. The predicted octanol–water partition coefficient (Wildman–Crippen LogP) is -2.96. The fraction of sp³-hybridized carbons (Fsp3) is 0.778. The molecule has 0 aliphatic carbocycles. The number of carbonyl (C=O) groups is 4. The lowest BCUT2D eigenvalue weighted by molar-refractivity contribution is -0.145. The van der Waals surface area contributed by atoms with Crippen molar-refractivity contribution in [1.82, 2.24) is 16.0 Å². The van der Waals surface area contributed by atoms with Crippen LogP contribution in [-0.4, -0.2) is 86.6 Å². The molecule has 0 aromatic heterocycles. The first-order valence-electron chi connectivity index (χ1n) is 9.62. The number of carboxylic acids is 1. The highest BCUT2D eigenvalue weighted by molar-refractivity contribution is 5.94. The molecule has 0 bridgehead atoms. The molecule has 0 saturated carbocycles. The third-order valence-electron chi connectivity index (χ3n) is 4.27. The zero-order chi connectivity index (χ0) is 23.8. The molecule has 7 unspecified atom stereocenters. The van der Waals surface area contributed by atoms with Crippen LogP contribution in [0.4, 0.5) is 0 Å². The molecule has 0 aromatic carbocycles. The highest BCUT2D eigenvalue weighted by atomic mass is 16.4. The van der Waals surface area contributed by atoms with E-state index in [1.165, 1.54) is 20.8 Å². The number of hydrogen-bond acceptors (Lipinski definition) is 8. The summed E-state index contributed by atoms with van der Waals surface area (Å²) in [7, 11) is 0. The maximum Gasteiger partial charge on any atom is 0.328 e. The Morgan fingerprint density at radius 2 is 1.20 bits per heavy atom. The predicted molar refractivity (Wildman–Crippen MR) is 106 cm³/mol. The van der Waals surface area contributed by atoms with Crippen LogP contribution in [0.1, 0.15) is 41.0 Å². The zero-order valence-corrected chi connectivity index (χ0v) is 17.8. The zero-order valence-electron chi connectivity index (χ0n) is 17.8. The molecule has 0 saturated heterocycles. The van der Waals surface area contributed by atoms with E-state index in [9.17, 15) is 34.5 Å². The maximum atomic E-state index is 12.6. The van der Waals surface area contributed by atoms with E-state index in [4.69, 9.17) is 10.8 Å². The van der Waals surface area contributed by atoms with Gasteiger partial charge in [0.25, 0.3) is 0 Å². The molecule has 174 valence electrons. The molecule has 0 aliphatic heterocycles. The first-order valence-corrected chi connectivity index (χ1v) is 9.62. The normalized spacial score (nSPS) is 18.3. The number of amides is 3. The molecule has 7 atom stereocenters. The summed E-state index contributed by atoms with van der Waals surface area (Å²) in [5.41, 5.74) is 5.52. The van der Waals surface area contributed by atoms with Crippen molar-refractivity contribution in [3.63, 3.8) is 0 Å². The molecule has 0 rings (SSSR count). The number of aliphatic hydroxyl groups excluding tert-OH is 3. The van der Waals surface area contributed by atoms with Crippen molar-refractivity contribution < 1.29 is 39.6 Å². The molecule has 0 aliphatic rings. The third kappa shape index (κ3) is 9.03.